The Morgan fingerprint density at radius 1 is 1.31 bits per heavy atom. The predicted octanol–water partition coefficient (Wildman–Crippen LogP) is 1.96. The van der Waals surface area contributed by atoms with Gasteiger partial charge in [-0.25, -0.2) is 8.42 Å². The van der Waals surface area contributed by atoms with Gasteiger partial charge in [0.05, 0.1) is 10.5 Å². The smallest absolute Gasteiger partial charge is 0.157 e. The van der Waals surface area contributed by atoms with Crippen LogP contribution in [0.2, 0.25) is 0 Å². The van der Waals surface area contributed by atoms with E-state index < -0.39 is 9.84 Å². The first kappa shape index (κ1) is 14.0. The van der Waals surface area contributed by atoms with Crippen LogP contribution in [0.3, 0.4) is 0 Å². The molecule has 5 unspecified atom stereocenters. The normalized spacial score (nSPS) is 38.3. The molecule has 0 spiro atoms. The molecule has 1 rings (SSSR count). The van der Waals surface area contributed by atoms with E-state index in [0.717, 1.165) is 12.8 Å². The SMILES string of the molecule is CCC(C)S(=O)(=O)C1C(C)CC(C)CC1N. The van der Waals surface area contributed by atoms with Gasteiger partial charge in [-0.1, -0.05) is 20.8 Å². The lowest BCUT2D eigenvalue weighted by molar-refractivity contribution is 0.270. The van der Waals surface area contributed by atoms with E-state index in [1.165, 1.54) is 0 Å². The van der Waals surface area contributed by atoms with Crippen LogP contribution in [0.5, 0.6) is 0 Å². The maximum Gasteiger partial charge on any atom is 0.157 e. The summed E-state index contributed by atoms with van der Waals surface area (Å²) in [6.07, 6.45) is 2.49. The molecule has 0 saturated heterocycles. The quantitative estimate of drug-likeness (QED) is 0.829. The zero-order valence-electron chi connectivity index (χ0n) is 10.8. The number of hydrogen-bond donors (Lipinski definition) is 1. The van der Waals surface area contributed by atoms with Crippen molar-refractivity contribution in [2.24, 2.45) is 17.6 Å². The number of hydrogen-bond acceptors (Lipinski definition) is 3. The first-order valence-electron chi connectivity index (χ1n) is 6.29. The maximum atomic E-state index is 12.4. The summed E-state index contributed by atoms with van der Waals surface area (Å²) in [5.74, 6) is 0.742. The van der Waals surface area contributed by atoms with Gasteiger partial charge < -0.3 is 5.73 Å². The summed E-state index contributed by atoms with van der Waals surface area (Å²) in [5.41, 5.74) is 6.06. The number of rotatable bonds is 3. The van der Waals surface area contributed by atoms with Gasteiger partial charge in [-0.2, -0.15) is 0 Å². The summed E-state index contributed by atoms with van der Waals surface area (Å²) in [5, 5.41) is -0.599. The van der Waals surface area contributed by atoms with E-state index in [4.69, 9.17) is 5.73 Å². The molecule has 1 aliphatic carbocycles. The van der Waals surface area contributed by atoms with Crippen LogP contribution >= 0.6 is 0 Å². The molecule has 4 heteroatoms. The Kier molecular flexibility index (Phi) is 4.41. The fraction of sp³-hybridized carbons (Fsp3) is 1.00. The molecule has 0 heterocycles. The van der Waals surface area contributed by atoms with Gasteiger partial charge in [0, 0.05) is 6.04 Å². The van der Waals surface area contributed by atoms with E-state index >= 15 is 0 Å². The predicted molar refractivity (Wildman–Crippen MR) is 68.0 cm³/mol. The molecule has 16 heavy (non-hydrogen) atoms. The third-order valence-electron chi connectivity index (χ3n) is 3.95. The minimum absolute atomic E-state index is 0.183. The molecule has 0 aliphatic heterocycles. The molecule has 0 amide bonds. The average molecular weight is 247 g/mol. The fourth-order valence-corrected chi connectivity index (χ4v) is 5.31. The topological polar surface area (TPSA) is 60.2 Å². The van der Waals surface area contributed by atoms with Crippen LogP contribution in [0, 0.1) is 11.8 Å². The van der Waals surface area contributed by atoms with Crippen molar-refractivity contribution >= 4 is 9.84 Å². The van der Waals surface area contributed by atoms with Crippen molar-refractivity contribution in [1.82, 2.24) is 0 Å². The molecule has 96 valence electrons. The van der Waals surface area contributed by atoms with Crippen molar-refractivity contribution in [3.8, 4) is 0 Å². The monoisotopic (exact) mass is 247 g/mol. The second-order valence-corrected chi connectivity index (χ2v) is 8.02. The van der Waals surface area contributed by atoms with E-state index in [1.807, 2.05) is 13.8 Å². The largest absolute Gasteiger partial charge is 0.327 e. The van der Waals surface area contributed by atoms with Gasteiger partial charge in [-0.05, 0) is 38.0 Å². The summed E-state index contributed by atoms with van der Waals surface area (Å²) >= 11 is 0. The molecule has 1 aliphatic rings. The second kappa shape index (κ2) is 5.05. The van der Waals surface area contributed by atoms with Crippen LogP contribution in [0.15, 0.2) is 0 Å². The molecule has 0 aromatic rings. The minimum atomic E-state index is -3.06. The number of nitrogens with two attached hydrogens (primary N) is 1. The standard InChI is InChI=1S/C12H25NO2S/c1-5-10(4)16(14,15)12-9(3)6-8(2)7-11(12)13/h8-12H,5-7,13H2,1-4H3. The lowest BCUT2D eigenvalue weighted by Gasteiger charge is -2.38. The van der Waals surface area contributed by atoms with Gasteiger partial charge in [-0.3, -0.25) is 0 Å². The fourth-order valence-electron chi connectivity index (χ4n) is 2.95. The van der Waals surface area contributed by atoms with E-state index in [2.05, 4.69) is 6.92 Å². The Hall–Kier alpha value is -0.0900. The second-order valence-electron chi connectivity index (χ2n) is 5.49. The molecule has 0 bridgehead atoms. The maximum absolute atomic E-state index is 12.4. The van der Waals surface area contributed by atoms with Gasteiger partial charge in [0.2, 0.25) is 0 Å². The minimum Gasteiger partial charge on any atom is -0.327 e. The summed E-state index contributed by atoms with van der Waals surface area (Å²) in [6.45, 7) is 7.90. The van der Waals surface area contributed by atoms with Crippen molar-refractivity contribution in [1.29, 1.82) is 0 Å². The first-order valence-corrected chi connectivity index (χ1v) is 7.89. The highest BCUT2D eigenvalue weighted by Gasteiger charge is 2.42. The summed E-state index contributed by atoms with van der Waals surface area (Å²) in [7, 11) is -3.06. The van der Waals surface area contributed by atoms with Gasteiger partial charge in [0.15, 0.2) is 9.84 Å². The van der Waals surface area contributed by atoms with Crippen molar-refractivity contribution in [2.45, 2.75) is 63.5 Å². The Balaban J connectivity index is 2.94. The van der Waals surface area contributed by atoms with Crippen molar-refractivity contribution in [3.63, 3.8) is 0 Å². The third-order valence-corrected chi connectivity index (χ3v) is 6.97. The zero-order chi connectivity index (χ0) is 12.5. The van der Waals surface area contributed by atoms with E-state index in [-0.39, 0.29) is 22.5 Å². The van der Waals surface area contributed by atoms with E-state index in [1.54, 1.807) is 6.92 Å². The van der Waals surface area contributed by atoms with Crippen molar-refractivity contribution in [3.05, 3.63) is 0 Å². The highest BCUT2D eigenvalue weighted by molar-refractivity contribution is 7.92. The molecule has 0 aromatic heterocycles. The van der Waals surface area contributed by atoms with E-state index in [9.17, 15) is 8.42 Å². The Morgan fingerprint density at radius 2 is 1.88 bits per heavy atom. The third kappa shape index (κ3) is 2.59. The Morgan fingerprint density at radius 3 is 2.31 bits per heavy atom. The molecule has 1 saturated carbocycles. The van der Waals surface area contributed by atoms with Crippen LogP contribution in [-0.2, 0) is 9.84 Å². The van der Waals surface area contributed by atoms with Gasteiger partial charge >= 0.3 is 0 Å². The van der Waals surface area contributed by atoms with Gasteiger partial charge in [-0.15, -0.1) is 0 Å². The van der Waals surface area contributed by atoms with Gasteiger partial charge in [0.1, 0.15) is 0 Å². The summed E-state index contributed by atoms with van der Waals surface area (Å²) < 4.78 is 24.7. The van der Waals surface area contributed by atoms with Crippen LogP contribution < -0.4 is 5.73 Å². The lowest BCUT2D eigenvalue weighted by atomic mass is 9.80. The Labute approximate surface area is 99.7 Å². The van der Waals surface area contributed by atoms with Gasteiger partial charge in [0.25, 0.3) is 0 Å². The average Bonchev–Trinajstić information content (AvgIpc) is 2.14. The molecular weight excluding hydrogens is 222 g/mol. The highest BCUT2D eigenvalue weighted by atomic mass is 32.2. The van der Waals surface area contributed by atoms with Crippen LogP contribution in [0.1, 0.15) is 47.0 Å². The molecule has 0 radical (unpaired) electrons. The number of sulfone groups is 1. The van der Waals surface area contributed by atoms with Crippen LogP contribution in [0.4, 0.5) is 0 Å². The Bertz CT molecular complexity index is 314. The molecule has 2 N–H and O–H groups in total. The van der Waals surface area contributed by atoms with Crippen molar-refractivity contribution < 1.29 is 8.42 Å². The molecule has 3 nitrogen and oxygen atoms in total. The lowest BCUT2D eigenvalue weighted by Crippen LogP contribution is -2.51. The highest BCUT2D eigenvalue weighted by Crippen LogP contribution is 2.34. The summed E-state index contributed by atoms with van der Waals surface area (Å²) in [4.78, 5) is 0. The first-order chi connectivity index (χ1) is 7.30. The molecule has 5 atom stereocenters. The van der Waals surface area contributed by atoms with E-state index in [0.29, 0.717) is 12.3 Å². The molecular formula is C12H25NO2S. The zero-order valence-corrected chi connectivity index (χ0v) is 11.6. The molecule has 1 fully saturated rings. The summed E-state index contributed by atoms with van der Waals surface area (Å²) in [6, 6.07) is -0.183. The van der Waals surface area contributed by atoms with Crippen molar-refractivity contribution in [2.75, 3.05) is 0 Å². The molecule has 0 aromatic carbocycles. The van der Waals surface area contributed by atoms with Crippen LogP contribution in [0.25, 0.3) is 0 Å². The van der Waals surface area contributed by atoms with Crippen LogP contribution in [-0.4, -0.2) is 25.0 Å².